The predicted octanol–water partition coefficient (Wildman–Crippen LogP) is 1.77. The van der Waals surface area contributed by atoms with Crippen molar-refractivity contribution in [2.24, 2.45) is 5.14 Å². The van der Waals surface area contributed by atoms with E-state index in [1.165, 1.54) is 38.5 Å². The Hall–Kier alpha value is -1.95. The number of hydrogen-bond donors (Lipinski definition) is 1. The van der Waals surface area contributed by atoms with Gasteiger partial charge in [-0.3, -0.25) is 4.79 Å². The summed E-state index contributed by atoms with van der Waals surface area (Å²) in [4.78, 5) is 11.5. The third-order valence-electron chi connectivity index (χ3n) is 3.58. The van der Waals surface area contributed by atoms with Gasteiger partial charge in [0, 0.05) is 5.56 Å². The Morgan fingerprint density at radius 3 is 1.93 bits per heavy atom. The van der Waals surface area contributed by atoms with Gasteiger partial charge in [0.05, 0.1) is 19.1 Å². The fraction of sp³-hybridized carbons (Fsp3) is 0.188. The number of carbonyl (C=O) groups excluding carboxylic acids is 1. The number of halogens is 1. The number of benzene rings is 2. The molecule has 2 rings (SSSR count). The number of ketones is 1. The van der Waals surface area contributed by atoms with E-state index < -0.39 is 41.2 Å². The van der Waals surface area contributed by atoms with E-state index in [-0.39, 0.29) is 17.1 Å². The van der Waals surface area contributed by atoms with Crippen LogP contribution in [0.2, 0.25) is 0 Å². The second kappa shape index (κ2) is 7.97. The van der Waals surface area contributed by atoms with Gasteiger partial charge in [0.2, 0.25) is 10.0 Å². The Labute approximate surface area is 165 Å². The molecular weight excluding hydrogens is 462 g/mol. The molecule has 2 N–H and O–H groups in total. The van der Waals surface area contributed by atoms with E-state index in [9.17, 15) is 21.6 Å². The van der Waals surface area contributed by atoms with Gasteiger partial charge in [-0.05, 0) is 40.2 Å². The molecular formula is C16H16BrNO7S2. The van der Waals surface area contributed by atoms with Crippen LogP contribution in [0.3, 0.4) is 0 Å². The Balaban J connectivity index is 2.47. The summed E-state index contributed by atoms with van der Waals surface area (Å²) in [5.74, 6) is -1.16. The van der Waals surface area contributed by atoms with Crippen LogP contribution in [0.1, 0.15) is 10.4 Å². The molecule has 0 radical (unpaired) electrons. The predicted molar refractivity (Wildman–Crippen MR) is 101 cm³/mol. The molecule has 2 aromatic carbocycles. The first-order valence-corrected chi connectivity index (χ1v) is 11.3. The first-order chi connectivity index (χ1) is 12.5. The van der Waals surface area contributed by atoms with Gasteiger partial charge in [-0.25, -0.2) is 22.0 Å². The highest BCUT2D eigenvalue weighted by atomic mass is 79.9. The zero-order valence-corrected chi connectivity index (χ0v) is 17.5. The molecule has 146 valence electrons. The van der Waals surface area contributed by atoms with Crippen molar-refractivity contribution in [3.05, 3.63) is 46.4 Å². The summed E-state index contributed by atoms with van der Waals surface area (Å²) in [5.41, 5.74) is 0.0311. The molecule has 0 aliphatic carbocycles. The average molecular weight is 478 g/mol. The molecule has 0 bridgehead atoms. The smallest absolute Gasteiger partial charge is 0.239 e. The molecule has 0 atom stereocenters. The van der Waals surface area contributed by atoms with Gasteiger partial charge < -0.3 is 9.47 Å². The van der Waals surface area contributed by atoms with E-state index in [1.807, 2.05) is 0 Å². The van der Waals surface area contributed by atoms with Gasteiger partial charge in [0.1, 0.15) is 26.6 Å². The Morgan fingerprint density at radius 1 is 1.00 bits per heavy atom. The average Bonchev–Trinajstić information content (AvgIpc) is 2.60. The molecule has 8 nitrogen and oxygen atoms in total. The Morgan fingerprint density at radius 2 is 1.48 bits per heavy atom. The van der Waals surface area contributed by atoms with E-state index in [4.69, 9.17) is 14.6 Å². The molecule has 0 fully saturated rings. The number of methoxy groups -OCH3 is 2. The Bertz CT molecular complexity index is 1070. The molecule has 0 unspecified atom stereocenters. The molecule has 11 heteroatoms. The number of rotatable bonds is 7. The van der Waals surface area contributed by atoms with Gasteiger partial charge in [-0.2, -0.15) is 0 Å². The highest BCUT2D eigenvalue weighted by Gasteiger charge is 2.27. The van der Waals surface area contributed by atoms with Gasteiger partial charge in [0.15, 0.2) is 15.6 Å². The third-order valence-corrected chi connectivity index (χ3v) is 7.13. The maximum atomic E-state index is 12.6. The second-order valence-electron chi connectivity index (χ2n) is 5.37. The molecule has 0 saturated carbocycles. The van der Waals surface area contributed by atoms with E-state index in [1.54, 1.807) is 0 Å². The van der Waals surface area contributed by atoms with Crippen molar-refractivity contribution in [3.8, 4) is 11.5 Å². The van der Waals surface area contributed by atoms with Gasteiger partial charge >= 0.3 is 0 Å². The summed E-state index contributed by atoms with van der Waals surface area (Å²) in [7, 11) is -5.79. The summed E-state index contributed by atoms with van der Waals surface area (Å²) < 4.78 is 59.3. The monoisotopic (exact) mass is 477 g/mol. The number of primary sulfonamides is 1. The van der Waals surface area contributed by atoms with Crippen LogP contribution in [0, 0.1) is 0 Å². The fourth-order valence-corrected chi connectivity index (χ4v) is 5.53. The minimum absolute atomic E-state index is 0.0311. The van der Waals surface area contributed by atoms with Crippen molar-refractivity contribution < 1.29 is 31.1 Å². The number of ether oxygens (including phenoxy) is 2. The topological polar surface area (TPSA) is 130 Å². The molecule has 0 amide bonds. The molecule has 0 aliphatic heterocycles. The lowest BCUT2D eigenvalue weighted by atomic mass is 10.1. The zero-order chi connectivity index (χ0) is 20.4. The van der Waals surface area contributed by atoms with E-state index in [2.05, 4.69) is 15.9 Å². The van der Waals surface area contributed by atoms with Crippen molar-refractivity contribution in [3.63, 3.8) is 0 Å². The van der Waals surface area contributed by atoms with Gasteiger partial charge in [-0.1, -0.05) is 12.1 Å². The number of carbonyl (C=O) groups is 1. The minimum atomic E-state index is -4.28. The normalized spacial score (nSPS) is 11.9. The summed E-state index contributed by atoms with van der Waals surface area (Å²) >= 11 is 3.25. The maximum Gasteiger partial charge on any atom is 0.239 e. The largest absolute Gasteiger partial charge is 0.495 e. The highest BCUT2D eigenvalue weighted by Crippen LogP contribution is 2.36. The maximum absolute atomic E-state index is 12.6. The summed E-state index contributed by atoms with van der Waals surface area (Å²) in [6, 6.07) is 7.55. The van der Waals surface area contributed by atoms with Crippen LogP contribution in [0.5, 0.6) is 11.5 Å². The first kappa shape index (κ1) is 21.4. The van der Waals surface area contributed by atoms with Crippen molar-refractivity contribution in [1.82, 2.24) is 0 Å². The third kappa shape index (κ3) is 4.67. The first-order valence-electron chi connectivity index (χ1n) is 7.30. The van der Waals surface area contributed by atoms with Crippen molar-refractivity contribution in [1.29, 1.82) is 0 Å². The highest BCUT2D eigenvalue weighted by molar-refractivity contribution is 9.10. The van der Waals surface area contributed by atoms with Crippen LogP contribution in [-0.2, 0) is 19.9 Å². The summed E-state index contributed by atoms with van der Waals surface area (Å²) in [6.07, 6.45) is 0. The standard InChI is InChI=1S/C16H16BrNO7S2/c1-24-12-7-10(8-13(25-2)16(12)17)11(19)9-26(20,21)14-5-3-4-6-15(14)27(18,22)23/h3-8H,9H2,1-2H3,(H2,18,22,23). The van der Waals surface area contributed by atoms with Crippen LogP contribution in [-0.4, -0.2) is 42.6 Å². The molecule has 0 saturated heterocycles. The lowest BCUT2D eigenvalue weighted by Crippen LogP contribution is -2.21. The van der Waals surface area contributed by atoms with Crippen molar-refractivity contribution >= 4 is 41.6 Å². The second-order valence-corrected chi connectivity index (χ2v) is 9.65. The van der Waals surface area contributed by atoms with Crippen LogP contribution in [0.15, 0.2) is 50.7 Å². The van der Waals surface area contributed by atoms with E-state index in [0.717, 1.165) is 12.1 Å². The number of sulfone groups is 1. The van der Waals surface area contributed by atoms with Crippen LogP contribution in [0.25, 0.3) is 0 Å². The molecule has 0 aliphatic rings. The molecule has 0 aromatic heterocycles. The number of hydrogen-bond acceptors (Lipinski definition) is 7. The molecule has 0 spiro atoms. The summed E-state index contributed by atoms with van der Waals surface area (Å²) in [5, 5.41) is 5.07. The minimum Gasteiger partial charge on any atom is -0.495 e. The number of nitrogens with two attached hydrogens (primary N) is 1. The quantitative estimate of drug-likeness (QED) is 0.601. The van der Waals surface area contributed by atoms with E-state index in [0.29, 0.717) is 4.47 Å². The van der Waals surface area contributed by atoms with E-state index >= 15 is 0 Å². The number of Topliss-reactive ketones (excluding diaryl/α,β-unsaturated/α-hetero) is 1. The van der Waals surface area contributed by atoms with Gasteiger partial charge in [0.25, 0.3) is 0 Å². The number of sulfonamides is 1. The fourth-order valence-electron chi connectivity index (χ4n) is 2.31. The van der Waals surface area contributed by atoms with Crippen LogP contribution < -0.4 is 14.6 Å². The molecule has 27 heavy (non-hydrogen) atoms. The van der Waals surface area contributed by atoms with Crippen LogP contribution in [0.4, 0.5) is 0 Å². The van der Waals surface area contributed by atoms with Crippen molar-refractivity contribution in [2.75, 3.05) is 20.0 Å². The zero-order valence-electron chi connectivity index (χ0n) is 14.3. The van der Waals surface area contributed by atoms with Crippen LogP contribution >= 0.6 is 15.9 Å². The molecule has 0 heterocycles. The van der Waals surface area contributed by atoms with Crippen molar-refractivity contribution in [2.45, 2.75) is 9.79 Å². The SMILES string of the molecule is COc1cc(C(=O)CS(=O)(=O)c2ccccc2S(N)(=O)=O)cc(OC)c1Br. The molecule has 2 aromatic rings. The lowest BCUT2D eigenvalue weighted by Gasteiger charge is -2.12. The van der Waals surface area contributed by atoms with Gasteiger partial charge in [-0.15, -0.1) is 0 Å². The Kier molecular flexibility index (Phi) is 6.30. The summed E-state index contributed by atoms with van der Waals surface area (Å²) in [6.45, 7) is 0. The lowest BCUT2D eigenvalue weighted by molar-refractivity contribution is 0.102.